The smallest absolute Gasteiger partial charge is 0.299 e. The van der Waals surface area contributed by atoms with Gasteiger partial charge in [0.2, 0.25) is 0 Å². The fraction of sp³-hybridized carbons (Fsp3) is 0.333. The van der Waals surface area contributed by atoms with Crippen molar-refractivity contribution in [2.45, 2.75) is 38.6 Å². The lowest BCUT2D eigenvalue weighted by Crippen LogP contribution is -2.30. The first-order valence-corrected chi connectivity index (χ1v) is 9.35. The number of unbranched alkanes of at least 4 members (excludes halogenated alkanes) is 2. The molecule has 1 aliphatic heterocycles. The van der Waals surface area contributed by atoms with Gasteiger partial charge in [-0.25, -0.2) is 0 Å². The standard InChI is InChI=1S/C21H22N4O2/c1-15-9-10-19-17(13-15)20(26)21(27)25(19)12-6-2-5-11-24-14-18(22-23-24)16-7-3-4-8-16/h3-4,7-10,13-14,16H,2,5-6,11-12H2,1H3. The molecule has 1 aromatic carbocycles. The molecule has 6 heteroatoms. The summed E-state index contributed by atoms with van der Waals surface area (Å²) < 4.78 is 1.87. The lowest BCUT2D eigenvalue weighted by atomic mass is 10.1. The van der Waals surface area contributed by atoms with E-state index in [0.29, 0.717) is 12.1 Å². The van der Waals surface area contributed by atoms with Gasteiger partial charge in [0.15, 0.2) is 0 Å². The van der Waals surface area contributed by atoms with Crippen molar-refractivity contribution in [2.24, 2.45) is 0 Å². The van der Waals surface area contributed by atoms with E-state index in [1.54, 1.807) is 11.0 Å². The zero-order chi connectivity index (χ0) is 18.8. The van der Waals surface area contributed by atoms with Crippen LogP contribution < -0.4 is 4.90 Å². The van der Waals surface area contributed by atoms with E-state index in [2.05, 4.69) is 22.5 Å². The van der Waals surface area contributed by atoms with Crippen LogP contribution in [-0.4, -0.2) is 33.2 Å². The van der Waals surface area contributed by atoms with Gasteiger partial charge in [-0.1, -0.05) is 41.1 Å². The second kappa shape index (κ2) is 7.31. The second-order valence-electron chi connectivity index (χ2n) is 7.07. The molecule has 27 heavy (non-hydrogen) atoms. The summed E-state index contributed by atoms with van der Waals surface area (Å²) in [6.07, 6.45) is 13.0. The number of amides is 1. The van der Waals surface area contributed by atoms with Crippen LogP contribution in [0.3, 0.4) is 0 Å². The molecular weight excluding hydrogens is 340 g/mol. The van der Waals surface area contributed by atoms with Gasteiger partial charge in [0.1, 0.15) is 0 Å². The van der Waals surface area contributed by atoms with E-state index < -0.39 is 5.91 Å². The van der Waals surface area contributed by atoms with Crippen LogP contribution in [0.1, 0.15) is 46.8 Å². The minimum Gasteiger partial charge on any atom is -0.305 e. The van der Waals surface area contributed by atoms with Crippen LogP contribution in [0.4, 0.5) is 5.69 Å². The summed E-state index contributed by atoms with van der Waals surface area (Å²) in [6.45, 7) is 3.30. The monoisotopic (exact) mass is 362 g/mol. The van der Waals surface area contributed by atoms with Crippen LogP contribution in [0.25, 0.3) is 0 Å². The molecule has 0 saturated heterocycles. The van der Waals surface area contributed by atoms with Gasteiger partial charge in [0.05, 0.1) is 16.9 Å². The Hall–Kier alpha value is -3.02. The van der Waals surface area contributed by atoms with Crippen LogP contribution in [0, 0.1) is 6.92 Å². The number of Topliss-reactive ketones (excluding diaryl/α,β-unsaturated/α-hetero) is 1. The van der Waals surface area contributed by atoms with E-state index in [1.165, 1.54) is 0 Å². The van der Waals surface area contributed by atoms with Gasteiger partial charge in [0, 0.05) is 25.2 Å². The van der Waals surface area contributed by atoms with Crippen LogP contribution in [0.5, 0.6) is 0 Å². The first-order valence-electron chi connectivity index (χ1n) is 9.35. The summed E-state index contributed by atoms with van der Waals surface area (Å²) in [5, 5.41) is 8.42. The lowest BCUT2D eigenvalue weighted by Gasteiger charge is -2.16. The summed E-state index contributed by atoms with van der Waals surface area (Å²) in [5.74, 6) is -0.561. The summed E-state index contributed by atoms with van der Waals surface area (Å²) in [4.78, 5) is 26.0. The molecule has 0 radical (unpaired) electrons. The summed E-state index contributed by atoms with van der Waals surface area (Å²) in [7, 11) is 0. The third kappa shape index (κ3) is 3.47. The van der Waals surface area contributed by atoms with Gasteiger partial charge in [-0.05, 0) is 38.3 Å². The van der Waals surface area contributed by atoms with E-state index in [0.717, 1.165) is 42.8 Å². The van der Waals surface area contributed by atoms with Gasteiger partial charge < -0.3 is 4.90 Å². The van der Waals surface area contributed by atoms with E-state index in [1.807, 2.05) is 42.1 Å². The SMILES string of the molecule is Cc1ccc2c(c1)C(=O)C(=O)N2CCCCCn1cc(C2C=CC=C2)nn1. The average Bonchev–Trinajstić information content (AvgIpc) is 3.39. The lowest BCUT2D eigenvalue weighted by molar-refractivity contribution is -0.114. The highest BCUT2D eigenvalue weighted by Crippen LogP contribution is 2.30. The first kappa shape index (κ1) is 17.4. The van der Waals surface area contributed by atoms with Gasteiger partial charge in [-0.3, -0.25) is 14.3 Å². The van der Waals surface area contributed by atoms with Gasteiger partial charge in [-0.2, -0.15) is 0 Å². The van der Waals surface area contributed by atoms with E-state index in [-0.39, 0.29) is 11.7 Å². The number of ketones is 1. The Morgan fingerprint density at radius 1 is 1.04 bits per heavy atom. The van der Waals surface area contributed by atoms with E-state index in [4.69, 9.17) is 0 Å². The number of anilines is 1. The van der Waals surface area contributed by atoms with Crippen molar-refractivity contribution in [3.05, 3.63) is 65.5 Å². The normalized spacial score (nSPS) is 16.0. The van der Waals surface area contributed by atoms with Gasteiger partial charge >= 0.3 is 0 Å². The first-order chi connectivity index (χ1) is 13.1. The van der Waals surface area contributed by atoms with Crippen molar-refractivity contribution in [3.8, 4) is 0 Å². The molecule has 2 heterocycles. The highest BCUT2D eigenvalue weighted by molar-refractivity contribution is 6.52. The maximum Gasteiger partial charge on any atom is 0.299 e. The van der Waals surface area contributed by atoms with Crippen LogP contribution in [-0.2, 0) is 11.3 Å². The van der Waals surface area contributed by atoms with Gasteiger partial charge in [-0.15, -0.1) is 5.10 Å². The molecule has 1 aliphatic carbocycles. The van der Waals surface area contributed by atoms with Crippen LogP contribution >= 0.6 is 0 Å². The van der Waals surface area contributed by atoms with Crippen molar-refractivity contribution in [1.82, 2.24) is 15.0 Å². The topological polar surface area (TPSA) is 68.1 Å². The fourth-order valence-electron chi connectivity index (χ4n) is 3.56. The van der Waals surface area contributed by atoms with Crippen molar-refractivity contribution >= 4 is 17.4 Å². The highest BCUT2D eigenvalue weighted by atomic mass is 16.2. The molecule has 0 unspecified atom stereocenters. The number of hydrogen-bond acceptors (Lipinski definition) is 4. The Balaban J connectivity index is 1.26. The predicted molar refractivity (Wildman–Crippen MR) is 103 cm³/mol. The summed E-state index contributed by atoms with van der Waals surface area (Å²) in [5.41, 5.74) is 3.24. The number of carbonyl (C=O) groups excluding carboxylic acids is 2. The molecule has 2 aromatic rings. The largest absolute Gasteiger partial charge is 0.305 e. The number of benzene rings is 1. The number of fused-ring (bicyclic) bond motifs is 1. The van der Waals surface area contributed by atoms with E-state index >= 15 is 0 Å². The summed E-state index contributed by atoms with van der Waals surface area (Å²) >= 11 is 0. The Bertz CT molecular complexity index is 929. The molecule has 0 N–H and O–H groups in total. The number of carbonyl (C=O) groups is 2. The van der Waals surface area contributed by atoms with Crippen molar-refractivity contribution < 1.29 is 9.59 Å². The molecule has 1 amide bonds. The third-order valence-electron chi connectivity index (χ3n) is 5.04. The molecule has 4 rings (SSSR count). The van der Waals surface area contributed by atoms with Gasteiger partial charge in [0.25, 0.3) is 11.7 Å². The maximum atomic E-state index is 12.2. The Kier molecular flexibility index (Phi) is 4.71. The molecule has 0 fully saturated rings. The number of rotatable bonds is 7. The molecular formula is C21H22N4O2. The molecule has 138 valence electrons. The zero-order valence-corrected chi connectivity index (χ0v) is 15.3. The molecule has 2 aliphatic rings. The minimum absolute atomic E-state index is 0.237. The van der Waals surface area contributed by atoms with Crippen molar-refractivity contribution in [2.75, 3.05) is 11.4 Å². The van der Waals surface area contributed by atoms with Crippen LogP contribution in [0.2, 0.25) is 0 Å². The van der Waals surface area contributed by atoms with E-state index in [9.17, 15) is 9.59 Å². The van der Waals surface area contributed by atoms with Crippen molar-refractivity contribution in [3.63, 3.8) is 0 Å². The Morgan fingerprint density at radius 2 is 1.81 bits per heavy atom. The zero-order valence-electron chi connectivity index (χ0n) is 15.3. The highest BCUT2D eigenvalue weighted by Gasteiger charge is 2.35. The van der Waals surface area contributed by atoms with Crippen molar-refractivity contribution in [1.29, 1.82) is 0 Å². The quantitative estimate of drug-likeness (QED) is 0.560. The Morgan fingerprint density at radius 3 is 2.63 bits per heavy atom. The minimum atomic E-state index is -0.408. The van der Waals surface area contributed by atoms with Crippen LogP contribution in [0.15, 0.2) is 48.7 Å². The number of allylic oxidation sites excluding steroid dienone is 4. The molecule has 1 aromatic heterocycles. The predicted octanol–water partition coefficient (Wildman–Crippen LogP) is 3.20. The average molecular weight is 362 g/mol. The molecule has 0 atom stereocenters. The Labute approximate surface area is 158 Å². The maximum absolute atomic E-state index is 12.2. The molecule has 0 spiro atoms. The molecule has 6 nitrogen and oxygen atoms in total. The number of aryl methyl sites for hydroxylation is 2. The fourth-order valence-corrected chi connectivity index (χ4v) is 3.56. The number of aromatic nitrogens is 3. The second-order valence-corrected chi connectivity index (χ2v) is 7.07. The molecule has 0 saturated carbocycles. The number of hydrogen-bond donors (Lipinski definition) is 0. The molecule has 0 bridgehead atoms. The number of nitrogens with zero attached hydrogens (tertiary/aromatic N) is 4. The third-order valence-corrected chi connectivity index (χ3v) is 5.04. The summed E-state index contributed by atoms with van der Waals surface area (Å²) in [6, 6.07) is 5.61.